The molecular weight excluding hydrogens is 340 g/mol. The minimum atomic E-state index is -0.0232. The summed E-state index contributed by atoms with van der Waals surface area (Å²) < 4.78 is 7.14. The van der Waals surface area contributed by atoms with Gasteiger partial charge < -0.3 is 9.64 Å². The largest absolute Gasteiger partial charge is 0.494 e. The standard InChI is InChI=1S/C21H24N4O2/c1-4-27-20-11-5-17(6-12-20)13-21(26)24(3)16(2)18-7-9-19(10-8-18)25-15-22-14-23-25/h5-12,14-16H,4,13H2,1-3H3/t16-/m0/s1. The average Bonchev–Trinajstić information content (AvgIpc) is 3.23. The van der Waals surface area contributed by atoms with Crippen molar-refractivity contribution in [2.45, 2.75) is 26.3 Å². The lowest BCUT2D eigenvalue weighted by molar-refractivity contribution is -0.131. The van der Waals surface area contributed by atoms with E-state index in [2.05, 4.69) is 10.1 Å². The molecule has 1 heterocycles. The first-order valence-corrected chi connectivity index (χ1v) is 9.01. The molecule has 0 radical (unpaired) electrons. The van der Waals surface area contributed by atoms with Gasteiger partial charge in [0.1, 0.15) is 18.4 Å². The predicted molar refractivity (Wildman–Crippen MR) is 104 cm³/mol. The van der Waals surface area contributed by atoms with Crippen LogP contribution in [0.1, 0.15) is 31.0 Å². The van der Waals surface area contributed by atoms with Crippen molar-refractivity contribution in [3.8, 4) is 11.4 Å². The molecule has 1 atom stereocenters. The van der Waals surface area contributed by atoms with Gasteiger partial charge in [0.05, 0.1) is 24.8 Å². The fourth-order valence-electron chi connectivity index (χ4n) is 2.86. The summed E-state index contributed by atoms with van der Waals surface area (Å²) in [6.07, 6.45) is 3.53. The molecule has 1 aromatic heterocycles. The van der Waals surface area contributed by atoms with Gasteiger partial charge in [-0.2, -0.15) is 5.10 Å². The second-order valence-corrected chi connectivity index (χ2v) is 6.37. The van der Waals surface area contributed by atoms with Crippen molar-refractivity contribution in [1.82, 2.24) is 19.7 Å². The molecule has 0 saturated carbocycles. The van der Waals surface area contributed by atoms with Crippen LogP contribution in [0.15, 0.2) is 61.2 Å². The topological polar surface area (TPSA) is 60.2 Å². The van der Waals surface area contributed by atoms with E-state index in [1.54, 1.807) is 15.9 Å². The van der Waals surface area contributed by atoms with Crippen molar-refractivity contribution < 1.29 is 9.53 Å². The Morgan fingerprint density at radius 1 is 1.15 bits per heavy atom. The fourth-order valence-corrected chi connectivity index (χ4v) is 2.86. The van der Waals surface area contributed by atoms with Gasteiger partial charge in [-0.1, -0.05) is 24.3 Å². The summed E-state index contributed by atoms with van der Waals surface area (Å²) in [5, 5.41) is 4.12. The highest BCUT2D eigenvalue weighted by Gasteiger charge is 2.18. The first-order valence-electron chi connectivity index (χ1n) is 9.01. The number of rotatable bonds is 7. The molecule has 3 rings (SSSR count). The highest BCUT2D eigenvalue weighted by atomic mass is 16.5. The van der Waals surface area contributed by atoms with Crippen LogP contribution in [0.3, 0.4) is 0 Å². The molecule has 6 heteroatoms. The van der Waals surface area contributed by atoms with Crippen LogP contribution in [-0.4, -0.2) is 39.2 Å². The second-order valence-electron chi connectivity index (χ2n) is 6.37. The molecule has 140 valence electrons. The zero-order chi connectivity index (χ0) is 19.2. The van der Waals surface area contributed by atoms with Gasteiger partial charge in [0.15, 0.2) is 0 Å². The van der Waals surface area contributed by atoms with Gasteiger partial charge >= 0.3 is 0 Å². The van der Waals surface area contributed by atoms with E-state index in [4.69, 9.17) is 4.74 Å². The number of nitrogens with zero attached hydrogens (tertiary/aromatic N) is 4. The van der Waals surface area contributed by atoms with E-state index in [1.807, 2.05) is 69.4 Å². The van der Waals surface area contributed by atoms with E-state index in [0.29, 0.717) is 13.0 Å². The minimum Gasteiger partial charge on any atom is -0.494 e. The monoisotopic (exact) mass is 364 g/mol. The Kier molecular flexibility index (Phi) is 5.86. The predicted octanol–water partition coefficient (Wildman–Crippen LogP) is 3.43. The molecule has 0 saturated heterocycles. The Balaban J connectivity index is 1.63. The van der Waals surface area contributed by atoms with Gasteiger partial charge in [-0.05, 0) is 49.2 Å². The summed E-state index contributed by atoms with van der Waals surface area (Å²) >= 11 is 0. The smallest absolute Gasteiger partial charge is 0.227 e. The molecule has 3 aromatic rings. The number of ether oxygens (including phenoxy) is 1. The fraction of sp³-hybridized carbons (Fsp3) is 0.286. The first kappa shape index (κ1) is 18.6. The molecule has 6 nitrogen and oxygen atoms in total. The van der Waals surface area contributed by atoms with Crippen LogP contribution in [0.4, 0.5) is 0 Å². The molecular formula is C21H24N4O2. The summed E-state index contributed by atoms with van der Waals surface area (Å²) in [4.78, 5) is 18.4. The Morgan fingerprint density at radius 3 is 2.44 bits per heavy atom. The summed E-state index contributed by atoms with van der Waals surface area (Å²) in [5.74, 6) is 0.898. The van der Waals surface area contributed by atoms with Crippen molar-refractivity contribution in [2.24, 2.45) is 0 Å². The highest BCUT2D eigenvalue weighted by molar-refractivity contribution is 5.79. The van der Waals surface area contributed by atoms with E-state index < -0.39 is 0 Å². The normalized spacial score (nSPS) is 11.8. The molecule has 0 N–H and O–H groups in total. The van der Waals surface area contributed by atoms with Crippen LogP contribution in [0.25, 0.3) is 5.69 Å². The van der Waals surface area contributed by atoms with Gasteiger partial charge in [0.25, 0.3) is 0 Å². The Morgan fingerprint density at radius 2 is 1.85 bits per heavy atom. The number of hydrogen-bond donors (Lipinski definition) is 0. The molecule has 0 aliphatic carbocycles. The van der Waals surface area contributed by atoms with Crippen molar-refractivity contribution >= 4 is 5.91 Å². The molecule has 27 heavy (non-hydrogen) atoms. The number of amides is 1. The van der Waals surface area contributed by atoms with Gasteiger partial charge in [-0.3, -0.25) is 4.79 Å². The number of likely N-dealkylation sites (N-methyl/N-ethyl adjacent to an activating group) is 1. The zero-order valence-corrected chi connectivity index (χ0v) is 15.9. The third kappa shape index (κ3) is 4.53. The summed E-state index contributed by atoms with van der Waals surface area (Å²) in [7, 11) is 1.84. The molecule has 0 bridgehead atoms. The molecule has 0 unspecified atom stereocenters. The molecule has 0 aliphatic heterocycles. The van der Waals surface area contributed by atoms with Crippen LogP contribution in [-0.2, 0) is 11.2 Å². The lowest BCUT2D eigenvalue weighted by atomic mass is 10.1. The van der Waals surface area contributed by atoms with Gasteiger partial charge in [0.2, 0.25) is 5.91 Å². The van der Waals surface area contributed by atoms with Crippen molar-refractivity contribution in [3.05, 3.63) is 72.3 Å². The number of carbonyl (C=O) groups is 1. The van der Waals surface area contributed by atoms with Crippen LogP contribution in [0, 0.1) is 0 Å². The number of carbonyl (C=O) groups excluding carboxylic acids is 1. The first-order chi connectivity index (χ1) is 13.1. The Bertz CT molecular complexity index is 858. The Labute approximate surface area is 159 Å². The lowest BCUT2D eigenvalue weighted by Crippen LogP contribution is -2.30. The maximum atomic E-state index is 12.7. The maximum Gasteiger partial charge on any atom is 0.227 e. The number of hydrogen-bond acceptors (Lipinski definition) is 4. The van der Waals surface area contributed by atoms with Crippen LogP contribution in [0.5, 0.6) is 5.75 Å². The highest BCUT2D eigenvalue weighted by Crippen LogP contribution is 2.21. The lowest BCUT2D eigenvalue weighted by Gasteiger charge is -2.25. The third-order valence-corrected chi connectivity index (χ3v) is 4.62. The van der Waals surface area contributed by atoms with Crippen LogP contribution in [0.2, 0.25) is 0 Å². The second kappa shape index (κ2) is 8.49. The van der Waals surface area contributed by atoms with Crippen LogP contribution >= 0.6 is 0 Å². The number of benzene rings is 2. The SMILES string of the molecule is CCOc1ccc(CC(=O)N(C)[C@@H](C)c2ccc(-n3cncn3)cc2)cc1. The molecule has 2 aromatic carbocycles. The minimum absolute atomic E-state index is 0.0232. The number of aromatic nitrogens is 3. The molecule has 0 spiro atoms. The van der Waals surface area contributed by atoms with Crippen molar-refractivity contribution in [1.29, 1.82) is 0 Å². The summed E-state index contributed by atoms with van der Waals surface area (Å²) in [5.41, 5.74) is 2.98. The molecule has 1 amide bonds. The summed E-state index contributed by atoms with van der Waals surface area (Å²) in [6.45, 7) is 4.61. The van der Waals surface area contributed by atoms with Gasteiger partial charge in [-0.15, -0.1) is 0 Å². The van der Waals surface area contributed by atoms with E-state index in [9.17, 15) is 4.79 Å². The van der Waals surface area contributed by atoms with Gasteiger partial charge in [0, 0.05) is 7.05 Å². The maximum absolute atomic E-state index is 12.7. The van der Waals surface area contributed by atoms with Gasteiger partial charge in [-0.25, -0.2) is 9.67 Å². The average molecular weight is 364 g/mol. The Hall–Kier alpha value is -3.15. The van der Waals surface area contributed by atoms with E-state index in [1.165, 1.54) is 6.33 Å². The van der Waals surface area contributed by atoms with Crippen molar-refractivity contribution in [3.63, 3.8) is 0 Å². The van der Waals surface area contributed by atoms with Crippen LogP contribution < -0.4 is 4.74 Å². The van der Waals surface area contributed by atoms with E-state index in [0.717, 1.165) is 22.6 Å². The summed E-state index contributed by atoms with van der Waals surface area (Å²) in [6, 6.07) is 15.6. The van der Waals surface area contributed by atoms with E-state index >= 15 is 0 Å². The van der Waals surface area contributed by atoms with E-state index in [-0.39, 0.29) is 11.9 Å². The molecule has 0 aliphatic rings. The molecule has 0 fully saturated rings. The third-order valence-electron chi connectivity index (χ3n) is 4.62. The van der Waals surface area contributed by atoms with Crippen molar-refractivity contribution in [2.75, 3.05) is 13.7 Å². The zero-order valence-electron chi connectivity index (χ0n) is 15.9. The quantitative estimate of drug-likeness (QED) is 0.644.